The van der Waals surface area contributed by atoms with Gasteiger partial charge in [-0.1, -0.05) is 54.6 Å². The van der Waals surface area contributed by atoms with E-state index in [0.717, 1.165) is 41.3 Å². The number of halogens is 2. The van der Waals surface area contributed by atoms with E-state index >= 15 is 0 Å². The number of carbonyl (C=O) groups is 2. The van der Waals surface area contributed by atoms with E-state index in [9.17, 15) is 18.4 Å². The van der Waals surface area contributed by atoms with E-state index in [1.807, 2.05) is 54.4 Å². The Bertz CT molecular complexity index is 1430. The molecule has 214 valence electrons. The first-order valence-electron chi connectivity index (χ1n) is 14.0. The third-order valence-electron chi connectivity index (χ3n) is 7.85. The van der Waals surface area contributed by atoms with Crippen molar-refractivity contribution in [3.05, 3.63) is 107 Å². The summed E-state index contributed by atoms with van der Waals surface area (Å²) < 4.78 is 32.7. The number of ether oxygens (including phenoxy) is 1. The molecule has 2 aliphatic heterocycles. The molecule has 6 nitrogen and oxygen atoms in total. The van der Waals surface area contributed by atoms with Gasteiger partial charge in [-0.2, -0.15) is 0 Å². The molecule has 2 amide bonds. The van der Waals surface area contributed by atoms with Crippen LogP contribution in [-0.4, -0.2) is 67.0 Å². The minimum atomic E-state index is -0.598. The molecule has 0 aromatic heterocycles. The molecule has 0 saturated carbocycles. The topological polar surface area (TPSA) is 61.9 Å². The summed E-state index contributed by atoms with van der Waals surface area (Å²) in [6, 6.07) is 21.0. The van der Waals surface area contributed by atoms with Crippen LogP contribution in [0.1, 0.15) is 30.0 Å². The van der Waals surface area contributed by atoms with Crippen molar-refractivity contribution in [2.45, 2.75) is 38.3 Å². The molecular formula is C33H35F2N3O3. The Morgan fingerprint density at radius 1 is 0.976 bits per heavy atom. The molecule has 0 radical (unpaired) electrons. The summed E-state index contributed by atoms with van der Waals surface area (Å²) in [7, 11) is 1.83. The third kappa shape index (κ3) is 6.82. The van der Waals surface area contributed by atoms with Gasteiger partial charge in [0.05, 0.1) is 12.6 Å². The van der Waals surface area contributed by atoms with Crippen molar-refractivity contribution in [2.75, 3.05) is 33.3 Å². The zero-order chi connectivity index (χ0) is 28.9. The normalized spacial score (nSPS) is 18.3. The molecule has 1 unspecified atom stereocenters. The van der Waals surface area contributed by atoms with Crippen LogP contribution >= 0.6 is 0 Å². The molecule has 8 heteroatoms. The van der Waals surface area contributed by atoms with Crippen molar-refractivity contribution >= 4 is 17.4 Å². The molecule has 0 spiro atoms. The summed E-state index contributed by atoms with van der Waals surface area (Å²) in [5.41, 5.74) is 4.83. The van der Waals surface area contributed by atoms with Crippen molar-refractivity contribution < 1.29 is 23.1 Å². The monoisotopic (exact) mass is 559 g/mol. The number of piperazine rings is 1. The minimum Gasteiger partial charge on any atom is -0.490 e. The zero-order valence-electron chi connectivity index (χ0n) is 23.4. The number of fused-ring (bicyclic) bond motifs is 2. The van der Waals surface area contributed by atoms with Gasteiger partial charge >= 0.3 is 0 Å². The van der Waals surface area contributed by atoms with E-state index in [1.54, 1.807) is 11.8 Å². The number of carbonyl (C=O) groups excluding carboxylic acids is 2. The average Bonchev–Trinajstić information content (AvgIpc) is 2.97. The number of benzene rings is 3. The van der Waals surface area contributed by atoms with E-state index in [-0.39, 0.29) is 36.3 Å². The molecule has 2 atom stereocenters. The van der Waals surface area contributed by atoms with Crippen molar-refractivity contribution in [2.24, 2.45) is 0 Å². The van der Waals surface area contributed by atoms with E-state index in [2.05, 4.69) is 17.4 Å². The molecule has 1 N–H and O–H groups in total. The van der Waals surface area contributed by atoms with Gasteiger partial charge in [-0.15, -0.1) is 0 Å². The molecule has 3 aromatic carbocycles. The number of nitrogens with one attached hydrogen (secondary N) is 1. The molecule has 5 rings (SSSR count). The van der Waals surface area contributed by atoms with Crippen LogP contribution in [0.2, 0.25) is 0 Å². The molecule has 3 aromatic rings. The molecule has 0 aliphatic carbocycles. The van der Waals surface area contributed by atoms with Gasteiger partial charge < -0.3 is 19.9 Å². The molecule has 2 heterocycles. The molecule has 2 aliphatic rings. The van der Waals surface area contributed by atoms with Gasteiger partial charge in [0.15, 0.2) is 11.6 Å². The van der Waals surface area contributed by atoms with Crippen LogP contribution in [0, 0.1) is 11.6 Å². The summed E-state index contributed by atoms with van der Waals surface area (Å²) >= 11 is 0. The lowest BCUT2D eigenvalue weighted by atomic mass is 9.82. The van der Waals surface area contributed by atoms with Crippen molar-refractivity contribution in [3.8, 4) is 5.75 Å². The fourth-order valence-electron chi connectivity index (χ4n) is 5.61. The lowest BCUT2D eigenvalue weighted by molar-refractivity contribution is -0.132. The van der Waals surface area contributed by atoms with E-state index < -0.39 is 11.6 Å². The van der Waals surface area contributed by atoms with Crippen molar-refractivity contribution in [3.63, 3.8) is 0 Å². The first kappa shape index (κ1) is 28.5. The summed E-state index contributed by atoms with van der Waals surface area (Å²) in [5, 5.41) is 3.59. The van der Waals surface area contributed by atoms with E-state index in [4.69, 9.17) is 4.74 Å². The van der Waals surface area contributed by atoms with Gasteiger partial charge in [-0.25, -0.2) is 8.78 Å². The summed E-state index contributed by atoms with van der Waals surface area (Å²) in [6.07, 6.45) is 1.90. The van der Waals surface area contributed by atoms with Crippen molar-refractivity contribution in [1.29, 1.82) is 0 Å². The minimum absolute atomic E-state index is 0.0128. The highest BCUT2D eigenvalue weighted by Gasteiger charge is 2.39. The highest BCUT2D eigenvalue weighted by atomic mass is 19.1. The Kier molecular flexibility index (Phi) is 8.78. The third-order valence-corrected chi connectivity index (χ3v) is 7.85. The summed E-state index contributed by atoms with van der Waals surface area (Å²) in [4.78, 5) is 29.8. The quantitative estimate of drug-likeness (QED) is 0.415. The first-order chi connectivity index (χ1) is 19.8. The van der Waals surface area contributed by atoms with Gasteiger partial charge in [0.2, 0.25) is 5.91 Å². The van der Waals surface area contributed by atoms with Crippen LogP contribution in [-0.2, 0) is 22.4 Å². The zero-order valence-corrected chi connectivity index (χ0v) is 23.4. The van der Waals surface area contributed by atoms with Gasteiger partial charge in [-0.3, -0.25) is 9.59 Å². The number of likely N-dealkylation sites (N-methyl/N-ethyl adjacent to an activating group) is 1. The molecule has 2 bridgehead atoms. The highest BCUT2D eigenvalue weighted by Crippen LogP contribution is 2.34. The first-order valence-corrected chi connectivity index (χ1v) is 14.0. The standard InChI is InChI=1S/C33H35F2N3O3/c1-22(39)38-20-27-19-28(25-10-8-24(9-11-25)15-17-41-31-18-26(34)12-13-29(31)35)32(30(21-38)36-27)33(40)37(2)16-14-23-6-4-3-5-7-23/h3-13,18,27,30,36H,14-17,19-21H2,1-2H3/t27?,30-/m1/s1. The Hall–Kier alpha value is -4.04. The number of hydrogen-bond donors (Lipinski definition) is 1. The van der Waals surface area contributed by atoms with Gasteiger partial charge in [0.1, 0.15) is 5.82 Å². The lowest BCUT2D eigenvalue weighted by Gasteiger charge is -2.44. The Morgan fingerprint density at radius 3 is 2.44 bits per heavy atom. The largest absolute Gasteiger partial charge is 0.490 e. The van der Waals surface area contributed by atoms with E-state index in [0.29, 0.717) is 38.0 Å². The predicted octanol–water partition coefficient (Wildman–Crippen LogP) is 4.63. The summed E-state index contributed by atoms with van der Waals surface area (Å²) in [5.74, 6) is -1.27. The maximum Gasteiger partial charge on any atom is 0.251 e. The van der Waals surface area contributed by atoms with Gasteiger partial charge in [0, 0.05) is 57.7 Å². The second-order valence-electron chi connectivity index (χ2n) is 10.8. The molecule has 1 saturated heterocycles. The van der Waals surface area contributed by atoms with E-state index in [1.165, 1.54) is 5.56 Å². The van der Waals surface area contributed by atoms with Crippen molar-refractivity contribution in [1.82, 2.24) is 15.1 Å². The number of hydrogen-bond acceptors (Lipinski definition) is 4. The summed E-state index contributed by atoms with van der Waals surface area (Å²) in [6.45, 7) is 3.41. The lowest BCUT2D eigenvalue weighted by Crippen LogP contribution is -2.61. The second-order valence-corrected chi connectivity index (χ2v) is 10.8. The van der Waals surface area contributed by atoms with Crippen LogP contribution in [0.4, 0.5) is 8.78 Å². The van der Waals surface area contributed by atoms with Gasteiger partial charge in [-0.05, 0) is 47.2 Å². The fraction of sp³-hybridized carbons (Fsp3) is 0.333. The number of nitrogens with zero attached hydrogens (tertiary/aromatic N) is 2. The Balaban J connectivity index is 1.34. The predicted molar refractivity (Wildman–Crippen MR) is 154 cm³/mol. The number of amides is 2. The molecule has 41 heavy (non-hydrogen) atoms. The number of rotatable bonds is 9. The maximum absolute atomic E-state index is 13.9. The molecule has 1 fully saturated rings. The maximum atomic E-state index is 13.9. The van der Waals surface area contributed by atoms with Crippen LogP contribution < -0.4 is 10.1 Å². The second kappa shape index (κ2) is 12.6. The van der Waals surface area contributed by atoms with Crippen LogP contribution in [0.15, 0.2) is 78.4 Å². The van der Waals surface area contributed by atoms with Crippen LogP contribution in [0.3, 0.4) is 0 Å². The van der Waals surface area contributed by atoms with Crippen LogP contribution in [0.5, 0.6) is 5.75 Å². The fourth-order valence-corrected chi connectivity index (χ4v) is 5.61. The average molecular weight is 560 g/mol. The highest BCUT2D eigenvalue weighted by molar-refractivity contribution is 6.03. The Morgan fingerprint density at radius 2 is 1.71 bits per heavy atom. The SMILES string of the molecule is CC(=O)N1CC2CC(c3ccc(CCOc4cc(F)ccc4F)cc3)=C(C(=O)N(C)CCc3ccccc3)[C@@H](C1)N2. The van der Waals surface area contributed by atoms with Crippen LogP contribution in [0.25, 0.3) is 5.57 Å². The smallest absolute Gasteiger partial charge is 0.251 e. The van der Waals surface area contributed by atoms with Gasteiger partial charge in [0.25, 0.3) is 5.91 Å². The molecular weight excluding hydrogens is 524 g/mol. The Labute approximate surface area is 239 Å².